The van der Waals surface area contributed by atoms with Crippen molar-refractivity contribution in [2.24, 2.45) is 0 Å². The molecule has 0 amide bonds. The number of nitriles is 2. The van der Waals surface area contributed by atoms with Crippen LogP contribution in [0.4, 0.5) is 0 Å². The summed E-state index contributed by atoms with van der Waals surface area (Å²) in [6.07, 6.45) is 0.483. The number of ether oxygens (including phenoxy) is 2. The Morgan fingerprint density at radius 1 is 1.17 bits per heavy atom. The van der Waals surface area contributed by atoms with Crippen molar-refractivity contribution in [3.05, 3.63) is 34.9 Å². The van der Waals surface area contributed by atoms with E-state index in [4.69, 9.17) is 20.0 Å². The van der Waals surface area contributed by atoms with Crippen LogP contribution in [0.3, 0.4) is 0 Å². The van der Waals surface area contributed by atoms with E-state index in [0.29, 0.717) is 23.5 Å². The quantitative estimate of drug-likeness (QED) is 0.761. The van der Waals surface area contributed by atoms with Gasteiger partial charge in [-0.15, -0.1) is 0 Å². The van der Waals surface area contributed by atoms with Gasteiger partial charge in [0.2, 0.25) is 0 Å². The van der Waals surface area contributed by atoms with Gasteiger partial charge in [-0.3, -0.25) is 0 Å². The summed E-state index contributed by atoms with van der Waals surface area (Å²) in [6.45, 7) is 1.76. The molecular weight excluding hydrogens is 228 g/mol. The predicted molar refractivity (Wildman–Crippen MR) is 67.2 cm³/mol. The summed E-state index contributed by atoms with van der Waals surface area (Å²) in [6, 6.07) is 9.22. The van der Waals surface area contributed by atoms with Gasteiger partial charge in [0, 0.05) is 5.56 Å². The van der Waals surface area contributed by atoms with Gasteiger partial charge in [0.15, 0.2) is 0 Å². The molecule has 1 rings (SSSR count). The van der Waals surface area contributed by atoms with E-state index in [-0.39, 0.29) is 5.57 Å². The highest BCUT2D eigenvalue weighted by Gasteiger charge is 2.08. The first-order valence-corrected chi connectivity index (χ1v) is 5.37. The van der Waals surface area contributed by atoms with Gasteiger partial charge in [0.05, 0.1) is 14.2 Å². The lowest BCUT2D eigenvalue weighted by Crippen LogP contribution is -1.96. The van der Waals surface area contributed by atoms with Gasteiger partial charge in [0.25, 0.3) is 0 Å². The molecule has 0 aliphatic heterocycles. The Bertz CT molecular complexity index is 532. The first-order chi connectivity index (χ1) is 8.65. The number of hydrogen-bond donors (Lipinski definition) is 0. The van der Waals surface area contributed by atoms with Gasteiger partial charge in [-0.05, 0) is 37.1 Å². The molecule has 0 radical (unpaired) electrons. The fraction of sp³-hybridized carbons (Fsp3) is 0.286. The van der Waals surface area contributed by atoms with Crippen molar-refractivity contribution in [2.75, 3.05) is 14.2 Å². The first-order valence-electron chi connectivity index (χ1n) is 5.37. The van der Waals surface area contributed by atoms with Gasteiger partial charge in [-0.25, -0.2) is 0 Å². The predicted octanol–water partition coefficient (Wildman–Crippen LogP) is 2.61. The third-order valence-corrected chi connectivity index (χ3v) is 2.59. The van der Waals surface area contributed by atoms with Crippen molar-refractivity contribution in [1.82, 2.24) is 0 Å². The fourth-order valence-electron chi connectivity index (χ4n) is 1.61. The van der Waals surface area contributed by atoms with E-state index in [1.54, 1.807) is 33.3 Å². The molecule has 0 saturated heterocycles. The molecule has 0 aromatic heterocycles. The van der Waals surface area contributed by atoms with Crippen LogP contribution in [0.15, 0.2) is 29.3 Å². The van der Waals surface area contributed by atoms with E-state index < -0.39 is 0 Å². The molecule has 0 atom stereocenters. The minimum Gasteiger partial charge on any atom is -0.497 e. The second kappa shape index (κ2) is 6.32. The Hall–Kier alpha value is -2.46. The number of allylic oxidation sites excluding steroid dienone is 2. The monoisotopic (exact) mass is 242 g/mol. The maximum absolute atomic E-state index is 8.82. The van der Waals surface area contributed by atoms with Crippen LogP contribution in [0, 0.1) is 22.7 Å². The second-order valence-corrected chi connectivity index (χ2v) is 3.73. The molecule has 0 saturated carbocycles. The summed E-state index contributed by atoms with van der Waals surface area (Å²) >= 11 is 0. The van der Waals surface area contributed by atoms with Crippen molar-refractivity contribution >= 4 is 0 Å². The number of hydrogen-bond acceptors (Lipinski definition) is 4. The lowest BCUT2D eigenvalue weighted by Gasteiger charge is -2.10. The lowest BCUT2D eigenvalue weighted by molar-refractivity contribution is 0.399. The minimum atomic E-state index is 0.139. The summed E-state index contributed by atoms with van der Waals surface area (Å²) < 4.78 is 10.4. The molecule has 4 nitrogen and oxygen atoms in total. The van der Waals surface area contributed by atoms with Crippen molar-refractivity contribution in [2.45, 2.75) is 13.3 Å². The van der Waals surface area contributed by atoms with E-state index in [2.05, 4.69) is 0 Å². The molecule has 0 aliphatic carbocycles. The highest BCUT2D eigenvalue weighted by molar-refractivity contribution is 5.46. The molecule has 0 unspecified atom stereocenters. The molecular formula is C14H14N2O2. The second-order valence-electron chi connectivity index (χ2n) is 3.73. The van der Waals surface area contributed by atoms with Crippen molar-refractivity contribution in [3.8, 4) is 23.6 Å². The molecule has 1 aromatic carbocycles. The van der Waals surface area contributed by atoms with Crippen LogP contribution in [-0.4, -0.2) is 14.2 Å². The normalized spacial score (nSPS) is 8.94. The number of benzene rings is 1. The van der Waals surface area contributed by atoms with E-state index in [0.717, 1.165) is 5.56 Å². The molecule has 4 heteroatoms. The number of methoxy groups -OCH3 is 2. The van der Waals surface area contributed by atoms with Gasteiger partial charge >= 0.3 is 0 Å². The first kappa shape index (κ1) is 13.6. The summed E-state index contributed by atoms with van der Waals surface area (Å²) in [5, 5.41) is 17.6. The van der Waals surface area contributed by atoms with Crippen molar-refractivity contribution in [3.63, 3.8) is 0 Å². The van der Waals surface area contributed by atoms with Gasteiger partial charge in [0.1, 0.15) is 29.2 Å². The zero-order chi connectivity index (χ0) is 13.5. The van der Waals surface area contributed by atoms with Crippen LogP contribution in [-0.2, 0) is 6.42 Å². The van der Waals surface area contributed by atoms with Gasteiger partial charge in [-0.2, -0.15) is 10.5 Å². The summed E-state index contributed by atoms with van der Waals surface area (Å²) in [5.74, 6) is 1.43. The van der Waals surface area contributed by atoms with E-state index in [1.165, 1.54) is 0 Å². The smallest absolute Gasteiger partial charge is 0.128 e. The van der Waals surface area contributed by atoms with Crippen molar-refractivity contribution in [1.29, 1.82) is 10.5 Å². The molecule has 0 aliphatic rings. The average molecular weight is 242 g/mol. The zero-order valence-electron chi connectivity index (χ0n) is 10.7. The highest BCUT2D eigenvalue weighted by atomic mass is 16.5. The molecule has 0 N–H and O–H groups in total. The Morgan fingerprint density at radius 3 is 2.33 bits per heavy atom. The van der Waals surface area contributed by atoms with Crippen LogP contribution in [0.5, 0.6) is 11.5 Å². The number of nitrogens with zero attached hydrogens (tertiary/aromatic N) is 2. The fourth-order valence-corrected chi connectivity index (χ4v) is 1.61. The average Bonchev–Trinajstić information content (AvgIpc) is 2.40. The standard InChI is InChI=1S/C14H14N2O2/c1-10(12(8-15)9-16)6-11-7-13(17-2)4-5-14(11)18-3/h4-5,7H,6H2,1-3H3. The van der Waals surface area contributed by atoms with Crippen LogP contribution >= 0.6 is 0 Å². The third kappa shape index (κ3) is 3.02. The maximum atomic E-state index is 8.82. The molecule has 18 heavy (non-hydrogen) atoms. The Labute approximate surface area is 107 Å². The topological polar surface area (TPSA) is 66.0 Å². The van der Waals surface area contributed by atoms with Crippen LogP contribution < -0.4 is 9.47 Å². The molecule has 1 aromatic rings. The third-order valence-electron chi connectivity index (χ3n) is 2.59. The van der Waals surface area contributed by atoms with Crippen molar-refractivity contribution < 1.29 is 9.47 Å². The Kier molecular flexibility index (Phi) is 4.78. The summed E-state index contributed by atoms with van der Waals surface area (Å²) in [7, 11) is 3.17. The maximum Gasteiger partial charge on any atom is 0.128 e. The summed E-state index contributed by atoms with van der Waals surface area (Å²) in [5.41, 5.74) is 1.74. The zero-order valence-corrected chi connectivity index (χ0v) is 10.7. The number of rotatable bonds is 4. The highest BCUT2D eigenvalue weighted by Crippen LogP contribution is 2.26. The summed E-state index contributed by atoms with van der Waals surface area (Å²) in [4.78, 5) is 0. The SMILES string of the molecule is COc1ccc(OC)c(CC(C)=C(C#N)C#N)c1. The van der Waals surface area contributed by atoms with Crippen LogP contribution in [0.25, 0.3) is 0 Å². The van der Waals surface area contributed by atoms with E-state index in [1.807, 2.05) is 18.2 Å². The Balaban J connectivity index is 3.15. The largest absolute Gasteiger partial charge is 0.497 e. The molecule has 92 valence electrons. The van der Waals surface area contributed by atoms with Crippen LogP contribution in [0.2, 0.25) is 0 Å². The molecule has 0 fully saturated rings. The molecule has 0 bridgehead atoms. The minimum absolute atomic E-state index is 0.139. The molecule has 0 spiro atoms. The Morgan fingerprint density at radius 2 is 1.83 bits per heavy atom. The van der Waals surface area contributed by atoms with Gasteiger partial charge in [-0.1, -0.05) is 0 Å². The van der Waals surface area contributed by atoms with E-state index in [9.17, 15) is 0 Å². The van der Waals surface area contributed by atoms with Crippen LogP contribution in [0.1, 0.15) is 12.5 Å². The lowest BCUT2D eigenvalue weighted by atomic mass is 10.0. The van der Waals surface area contributed by atoms with E-state index >= 15 is 0 Å². The molecule has 0 heterocycles. The van der Waals surface area contributed by atoms with Gasteiger partial charge < -0.3 is 9.47 Å².